The van der Waals surface area contributed by atoms with Crippen molar-refractivity contribution in [2.75, 3.05) is 41.6 Å². The number of ether oxygens (including phenoxy) is 5. The minimum absolute atomic E-state index is 0.0538. The Morgan fingerprint density at radius 3 is 2.52 bits per heavy atom. The number of methoxy groups -OCH3 is 4. The highest BCUT2D eigenvalue weighted by Gasteiger charge is 2.94. The molecule has 0 amide bonds. The third-order valence-corrected chi connectivity index (χ3v) is 11.9. The van der Waals surface area contributed by atoms with Crippen LogP contribution in [0.15, 0.2) is 0 Å². The van der Waals surface area contributed by atoms with Crippen LogP contribution in [0.5, 0.6) is 0 Å². The number of piperidine rings is 1. The molecular weight excluding hydrogens is 426 g/mol. The number of hydrogen-bond donors (Lipinski definition) is 2. The van der Waals surface area contributed by atoms with E-state index in [0.29, 0.717) is 13.0 Å². The zero-order chi connectivity index (χ0) is 23.1. The van der Waals surface area contributed by atoms with Crippen molar-refractivity contribution >= 4 is 0 Å². The van der Waals surface area contributed by atoms with Gasteiger partial charge in [0.05, 0.1) is 37.1 Å². The summed E-state index contributed by atoms with van der Waals surface area (Å²) in [5.41, 5.74) is -3.37. The number of likely N-dealkylation sites (N-methyl/N-ethyl adjacent to an activating group) is 1. The fourth-order valence-corrected chi connectivity index (χ4v) is 11.5. The first kappa shape index (κ1) is 21.9. The van der Waals surface area contributed by atoms with E-state index < -0.39 is 17.3 Å². The molecule has 0 aromatic rings. The van der Waals surface area contributed by atoms with E-state index in [-0.39, 0.29) is 65.1 Å². The van der Waals surface area contributed by atoms with E-state index in [1.165, 1.54) is 0 Å². The topological polar surface area (TPSA) is 89.9 Å². The molecule has 8 nitrogen and oxygen atoms in total. The summed E-state index contributed by atoms with van der Waals surface area (Å²) in [6.45, 7) is 3.47. The molecule has 5 saturated carbocycles. The van der Waals surface area contributed by atoms with Gasteiger partial charge < -0.3 is 33.9 Å². The maximum absolute atomic E-state index is 13.0. The van der Waals surface area contributed by atoms with Gasteiger partial charge >= 0.3 is 0 Å². The number of rotatable bonds is 6. The third kappa shape index (κ3) is 1.88. The molecule has 9 bridgehead atoms. The van der Waals surface area contributed by atoms with Crippen LogP contribution in [0.4, 0.5) is 0 Å². The van der Waals surface area contributed by atoms with Gasteiger partial charge in [0, 0.05) is 63.4 Å². The first-order valence-corrected chi connectivity index (χ1v) is 12.8. The minimum Gasteiger partial charge on any atom is -0.386 e. The standard InChI is InChI=1S/C25H39NO7/c1-6-26-20-24-13-9-12-14(30-3)10-23(27,16(13)17(12)31-4)25(20,28)19(32-5)18(24)22(11-29-2)8-7-15(24)33-21(22)26/h12-21,27-28H,6-11H2,1-5H3/t12-,13-,14-,15+,16-,17+,18-,19+,20+,21-,22+,23-,24+,25-/m1/s1. The van der Waals surface area contributed by atoms with Crippen molar-refractivity contribution in [3.63, 3.8) is 0 Å². The fourth-order valence-electron chi connectivity index (χ4n) is 11.5. The molecule has 186 valence electrons. The summed E-state index contributed by atoms with van der Waals surface area (Å²) in [5.74, 6) is 0.284. The van der Waals surface area contributed by atoms with Gasteiger partial charge in [0.2, 0.25) is 0 Å². The average Bonchev–Trinajstić information content (AvgIpc) is 3.26. The van der Waals surface area contributed by atoms with Gasteiger partial charge in [-0.25, -0.2) is 0 Å². The highest BCUT2D eigenvalue weighted by atomic mass is 16.5. The number of fused-ring (bicyclic) bond motifs is 3. The number of hydrogen-bond acceptors (Lipinski definition) is 8. The van der Waals surface area contributed by atoms with E-state index in [0.717, 1.165) is 25.8 Å². The lowest BCUT2D eigenvalue weighted by Crippen LogP contribution is -2.86. The van der Waals surface area contributed by atoms with Gasteiger partial charge in [0.15, 0.2) is 0 Å². The van der Waals surface area contributed by atoms with Crippen molar-refractivity contribution in [1.29, 1.82) is 0 Å². The highest BCUT2D eigenvalue weighted by molar-refractivity contribution is 5.43. The maximum atomic E-state index is 13.0. The number of aliphatic hydroxyl groups is 2. The summed E-state index contributed by atoms with van der Waals surface area (Å²) in [5, 5.41) is 25.8. The van der Waals surface area contributed by atoms with Crippen LogP contribution >= 0.6 is 0 Å². The monoisotopic (exact) mass is 465 g/mol. The molecule has 0 radical (unpaired) electrons. The first-order valence-electron chi connectivity index (χ1n) is 12.8. The molecule has 33 heavy (non-hydrogen) atoms. The lowest BCUT2D eigenvalue weighted by Gasteiger charge is -2.76. The van der Waals surface area contributed by atoms with Crippen LogP contribution in [0.3, 0.4) is 0 Å². The van der Waals surface area contributed by atoms with Crippen molar-refractivity contribution in [1.82, 2.24) is 4.90 Å². The van der Waals surface area contributed by atoms with Crippen LogP contribution < -0.4 is 0 Å². The third-order valence-electron chi connectivity index (χ3n) is 11.9. The SMILES string of the molecule is CCN1[C@@H]2O[C@H]3CC[C@]2(COC)[C@H]2[C@H](OC)[C@@]4(O)[C@@H]1[C@@]32[C@@H]1C[C@H]2[C@H](OC)[C@@H]1[C@]4(O)C[C@H]2OC. The first-order chi connectivity index (χ1) is 15.9. The normalized spacial score (nSPS) is 64.1. The van der Waals surface area contributed by atoms with Crippen LogP contribution in [0, 0.1) is 34.5 Å². The van der Waals surface area contributed by atoms with E-state index in [1.807, 2.05) is 0 Å². The molecule has 4 saturated heterocycles. The van der Waals surface area contributed by atoms with Gasteiger partial charge in [-0.05, 0) is 31.7 Å². The van der Waals surface area contributed by atoms with Crippen molar-refractivity contribution in [2.45, 2.75) is 80.5 Å². The molecular formula is C25H39NO7. The Balaban J connectivity index is 1.54. The summed E-state index contributed by atoms with van der Waals surface area (Å²) in [7, 11) is 6.94. The average molecular weight is 466 g/mol. The van der Waals surface area contributed by atoms with Gasteiger partial charge in [-0.3, -0.25) is 4.90 Å². The van der Waals surface area contributed by atoms with Crippen molar-refractivity contribution in [2.24, 2.45) is 34.5 Å². The second-order valence-electron chi connectivity index (χ2n) is 12.0. The summed E-state index contributed by atoms with van der Waals surface area (Å²) < 4.78 is 31.2. The zero-order valence-corrected chi connectivity index (χ0v) is 20.4. The van der Waals surface area contributed by atoms with Crippen LogP contribution in [0.2, 0.25) is 0 Å². The van der Waals surface area contributed by atoms with E-state index in [2.05, 4.69) is 11.8 Å². The Morgan fingerprint density at radius 2 is 1.88 bits per heavy atom. The molecule has 0 aromatic carbocycles. The summed E-state index contributed by atoms with van der Waals surface area (Å²) >= 11 is 0. The molecule has 4 aliphatic heterocycles. The van der Waals surface area contributed by atoms with Crippen LogP contribution in [0.1, 0.15) is 32.6 Å². The summed E-state index contributed by atoms with van der Waals surface area (Å²) in [6, 6.07) is -0.211. The molecule has 14 atom stereocenters. The van der Waals surface area contributed by atoms with E-state index >= 15 is 0 Å². The fraction of sp³-hybridized carbons (Fsp3) is 1.00. The van der Waals surface area contributed by atoms with Gasteiger partial charge in [0.25, 0.3) is 0 Å². The highest BCUT2D eigenvalue weighted by Crippen LogP contribution is 2.83. The predicted molar refractivity (Wildman–Crippen MR) is 116 cm³/mol. The lowest BCUT2D eigenvalue weighted by molar-refractivity contribution is -0.411. The molecule has 0 aromatic heterocycles. The Morgan fingerprint density at radius 1 is 1.09 bits per heavy atom. The Kier molecular flexibility index (Phi) is 4.32. The predicted octanol–water partition coefficient (Wildman–Crippen LogP) is 0.635. The van der Waals surface area contributed by atoms with Gasteiger partial charge in [-0.1, -0.05) is 6.92 Å². The van der Waals surface area contributed by atoms with E-state index in [1.54, 1.807) is 28.4 Å². The lowest BCUT2D eigenvalue weighted by atomic mass is 9.41. The molecule has 4 heterocycles. The maximum Gasteiger partial charge on any atom is 0.136 e. The smallest absolute Gasteiger partial charge is 0.136 e. The van der Waals surface area contributed by atoms with Gasteiger partial charge in [0.1, 0.15) is 17.4 Å². The zero-order valence-electron chi connectivity index (χ0n) is 20.4. The van der Waals surface area contributed by atoms with Crippen molar-refractivity contribution in [3.8, 4) is 0 Å². The van der Waals surface area contributed by atoms with Crippen molar-refractivity contribution < 1.29 is 33.9 Å². The molecule has 9 aliphatic rings. The Bertz CT molecular complexity index is 855. The molecule has 2 N–H and O–H groups in total. The molecule has 9 fully saturated rings. The second-order valence-corrected chi connectivity index (χ2v) is 12.0. The van der Waals surface area contributed by atoms with Gasteiger partial charge in [-0.15, -0.1) is 0 Å². The molecule has 0 unspecified atom stereocenters. The van der Waals surface area contributed by atoms with Crippen LogP contribution in [-0.2, 0) is 23.7 Å². The summed E-state index contributed by atoms with van der Waals surface area (Å²) in [6.07, 6.45) is 2.43. The molecule has 9 rings (SSSR count). The summed E-state index contributed by atoms with van der Waals surface area (Å²) in [4.78, 5) is 2.37. The van der Waals surface area contributed by atoms with Crippen molar-refractivity contribution in [3.05, 3.63) is 0 Å². The van der Waals surface area contributed by atoms with Crippen LogP contribution in [0.25, 0.3) is 0 Å². The Hall–Kier alpha value is -0.320. The molecule has 5 aliphatic carbocycles. The van der Waals surface area contributed by atoms with E-state index in [4.69, 9.17) is 23.7 Å². The van der Waals surface area contributed by atoms with E-state index in [9.17, 15) is 10.2 Å². The number of nitrogens with zero attached hydrogens (tertiary/aromatic N) is 1. The second kappa shape index (κ2) is 6.51. The largest absolute Gasteiger partial charge is 0.386 e. The van der Waals surface area contributed by atoms with Gasteiger partial charge in [-0.2, -0.15) is 0 Å². The minimum atomic E-state index is -1.44. The molecule has 1 spiro atoms. The quantitative estimate of drug-likeness (QED) is 0.591. The Labute approximate surface area is 195 Å². The molecule has 8 heteroatoms. The van der Waals surface area contributed by atoms with Crippen LogP contribution in [-0.4, -0.2) is 105 Å².